The highest BCUT2D eigenvalue weighted by atomic mass is 35.5. The predicted molar refractivity (Wildman–Crippen MR) is 90.5 cm³/mol. The molecule has 0 saturated carbocycles. The number of carbonyl (C=O) groups excluding carboxylic acids is 1. The lowest BCUT2D eigenvalue weighted by molar-refractivity contribution is -0.115. The third kappa shape index (κ3) is 3.01. The van der Waals surface area contributed by atoms with E-state index in [1.54, 1.807) is 30.3 Å². The maximum Gasteiger partial charge on any atom is 0.263 e. The Bertz CT molecular complexity index is 783. The van der Waals surface area contributed by atoms with Gasteiger partial charge in [0.05, 0.1) is 15.0 Å². The van der Waals surface area contributed by atoms with Crippen molar-refractivity contribution in [3.63, 3.8) is 0 Å². The first kappa shape index (κ1) is 14.7. The summed E-state index contributed by atoms with van der Waals surface area (Å²) < 4.78 is 6.14. The van der Waals surface area contributed by atoms with Crippen molar-refractivity contribution >= 4 is 63.5 Å². The zero-order valence-electron chi connectivity index (χ0n) is 10.4. The second kappa shape index (κ2) is 5.85. The number of amides is 1. The molecule has 106 valence electrons. The molecule has 21 heavy (non-hydrogen) atoms. The Morgan fingerprint density at radius 2 is 2.05 bits per heavy atom. The molecular weight excluding hydrogens is 349 g/mol. The lowest BCUT2D eigenvalue weighted by Gasteiger charge is -2.01. The van der Waals surface area contributed by atoms with Crippen LogP contribution < -0.4 is 5.32 Å². The average molecular weight is 356 g/mol. The van der Waals surface area contributed by atoms with Gasteiger partial charge in [-0.1, -0.05) is 53.2 Å². The second-order valence-electron chi connectivity index (χ2n) is 4.16. The fourth-order valence-electron chi connectivity index (χ4n) is 1.82. The van der Waals surface area contributed by atoms with Crippen LogP contribution in [0.3, 0.4) is 0 Å². The molecule has 0 bridgehead atoms. The van der Waals surface area contributed by atoms with E-state index in [0.717, 1.165) is 0 Å². The van der Waals surface area contributed by atoms with E-state index in [9.17, 15) is 4.79 Å². The average Bonchev–Trinajstić information content (AvgIpc) is 3.01. The first-order chi connectivity index (χ1) is 10.0. The Hall–Kier alpha value is -1.27. The molecule has 2 heterocycles. The highest BCUT2D eigenvalue weighted by molar-refractivity contribution is 8.26. The molecule has 1 saturated heterocycles. The van der Waals surface area contributed by atoms with Gasteiger partial charge in [0.15, 0.2) is 0 Å². The van der Waals surface area contributed by atoms with E-state index in [-0.39, 0.29) is 5.91 Å². The summed E-state index contributed by atoms with van der Waals surface area (Å²) in [6.45, 7) is 0. The molecule has 3 rings (SSSR count). The molecule has 1 fully saturated rings. The fourth-order valence-corrected chi connectivity index (χ4v) is 3.24. The molecule has 1 aromatic carbocycles. The van der Waals surface area contributed by atoms with E-state index in [1.165, 1.54) is 11.8 Å². The van der Waals surface area contributed by atoms with Crippen LogP contribution in [0.2, 0.25) is 10.0 Å². The Morgan fingerprint density at radius 1 is 1.24 bits per heavy atom. The van der Waals surface area contributed by atoms with Crippen LogP contribution >= 0.6 is 47.2 Å². The van der Waals surface area contributed by atoms with E-state index >= 15 is 0 Å². The van der Waals surface area contributed by atoms with E-state index in [1.807, 2.05) is 6.07 Å². The van der Waals surface area contributed by atoms with Crippen molar-refractivity contribution in [2.75, 3.05) is 0 Å². The molecule has 2 aromatic rings. The highest BCUT2D eigenvalue weighted by Crippen LogP contribution is 2.35. The molecular formula is C14H7Cl2NO2S2. The van der Waals surface area contributed by atoms with Gasteiger partial charge in [-0.2, -0.15) is 0 Å². The van der Waals surface area contributed by atoms with Gasteiger partial charge in [-0.25, -0.2) is 0 Å². The van der Waals surface area contributed by atoms with Crippen molar-refractivity contribution in [3.8, 4) is 11.3 Å². The summed E-state index contributed by atoms with van der Waals surface area (Å²) in [6, 6.07) is 8.85. The number of hydrogen-bond acceptors (Lipinski definition) is 4. The van der Waals surface area contributed by atoms with Gasteiger partial charge in [-0.05, 0) is 24.3 Å². The normalized spacial score (nSPS) is 16.6. The molecule has 1 aliphatic rings. The molecule has 1 aromatic heterocycles. The van der Waals surface area contributed by atoms with Gasteiger partial charge >= 0.3 is 0 Å². The van der Waals surface area contributed by atoms with Crippen LogP contribution in [0.5, 0.6) is 0 Å². The SMILES string of the molecule is O=C1NC(=S)S/C1=C/c1ccc(-c2cccc(Cl)c2Cl)o1. The molecule has 0 unspecified atom stereocenters. The van der Waals surface area contributed by atoms with E-state index in [2.05, 4.69) is 5.32 Å². The summed E-state index contributed by atoms with van der Waals surface area (Å²) in [5.41, 5.74) is 0.702. The third-order valence-electron chi connectivity index (χ3n) is 2.76. The zero-order valence-corrected chi connectivity index (χ0v) is 13.5. The number of hydrogen-bond donors (Lipinski definition) is 1. The van der Waals surface area contributed by atoms with Crippen molar-refractivity contribution in [3.05, 3.63) is 51.0 Å². The number of carbonyl (C=O) groups is 1. The molecule has 0 radical (unpaired) electrons. The summed E-state index contributed by atoms with van der Waals surface area (Å²) in [5.74, 6) is 0.910. The Kier molecular flexibility index (Phi) is 4.08. The van der Waals surface area contributed by atoms with Gasteiger partial charge in [0, 0.05) is 11.6 Å². The van der Waals surface area contributed by atoms with Crippen molar-refractivity contribution in [2.24, 2.45) is 0 Å². The molecule has 3 nitrogen and oxygen atoms in total. The summed E-state index contributed by atoms with van der Waals surface area (Å²) in [5, 5.41) is 3.44. The number of thiocarbonyl (C=S) groups is 1. The molecule has 0 spiro atoms. The fraction of sp³-hybridized carbons (Fsp3) is 0. The summed E-state index contributed by atoms with van der Waals surface area (Å²) in [4.78, 5) is 12.1. The second-order valence-corrected chi connectivity index (χ2v) is 6.66. The smallest absolute Gasteiger partial charge is 0.263 e. The van der Waals surface area contributed by atoms with Crippen molar-refractivity contribution in [1.82, 2.24) is 5.32 Å². The minimum Gasteiger partial charge on any atom is -0.457 e. The quantitative estimate of drug-likeness (QED) is 0.623. The maximum atomic E-state index is 11.6. The number of rotatable bonds is 2. The molecule has 0 aliphatic carbocycles. The largest absolute Gasteiger partial charge is 0.457 e. The van der Waals surface area contributed by atoms with Crippen LogP contribution in [0, 0.1) is 0 Å². The standard InChI is InChI=1S/C14H7Cl2NO2S2/c15-9-3-1-2-8(12(9)16)10-5-4-7(19-10)6-11-13(18)17-14(20)21-11/h1-6H,(H,17,18,20)/b11-6+. The minimum atomic E-state index is -0.219. The maximum absolute atomic E-state index is 11.6. The molecule has 0 atom stereocenters. The van der Waals surface area contributed by atoms with E-state index < -0.39 is 0 Å². The van der Waals surface area contributed by atoms with Gasteiger partial charge in [0.2, 0.25) is 0 Å². The predicted octanol–water partition coefficient (Wildman–Crippen LogP) is 4.74. The molecule has 1 aliphatic heterocycles. The van der Waals surface area contributed by atoms with E-state index in [0.29, 0.717) is 36.4 Å². The van der Waals surface area contributed by atoms with E-state index in [4.69, 9.17) is 39.8 Å². The number of halogens is 2. The topological polar surface area (TPSA) is 42.2 Å². The first-order valence-corrected chi connectivity index (χ1v) is 7.82. The monoisotopic (exact) mass is 355 g/mol. The Morgan fingerprint density at radius 3 is 2.76 bits per heavy atom. The Balaban J connectivity index is 1.94. The minimum absolute atomic E-state index is 0.219. The summed E-state index contributed by atoms with van der Waals surface area (Å²) in [6.07, 6.45) is 1.64. The van der Waals surface area contributed by atoms with Crippen LogP contribution in [-0.2, 0) is 4.79 Å². The number of thioether (sulfide) groups is 1. The van der Waals surface area contributed by atoms with Crippen molar-refractivity contribution in [1.29, 1.82) is 0 Å². The van der Waals surface area contributed by atoms with Crippen LogP contribution in [0.4, 0.5) is 0 Å². The molecule has 1 amide bonds. The number of nitrogens with one attached hydrogen (secondary N) is 1. The van der Waals surface area contributed by atoms with Crippen LogP contribution in [0.15, 0.2) is 39.7 Å². The first-order valence-electron chi connectivity index (χ1n) is 5.83. The third-order valence-corrected chi connectivity index (χ3v) is 4.74. The molecule has 1 N–H and O–H groups in total. The van der Waals surface area contributed by atoms with Crippen molar-refractivity contribution < 1.29 is 9.21 Å². The van der Waals surface area contributed by atoms with Gasteiger partial charge in [-0.15, -0.1) is 0 Å². The Labute approximate surface area is 140 Å². The van der Waals surface area contributed by atoms with Gasteiger partial charge in [0.25, 0.3) is 5.91 Å². The van der Waals surface area contributed by atoms with Gasteiger partial charge in [-0.3, -0.25) is 4.79 Å². The molecule has 7 heteroatoms. The highest BCUT2D eigenvalue weighted by Gasteiger charge is 2.22. The van der Waals surface area contributed by atoms with Crippen LogP contribution in [0.1, 0.15) is 5.76 Å². The lowest BCUT2D eigenvalue weighted by atomic mass is 10.2. The summed E-state index contributed by atoms with van der Waals surface area (Å²) >= 11 is 18.3. The van der Waals surface area contributed by atoms with Gasteiger partial charge in [0.1, 0.15) is 15.8 Å². The van der Waals surface area contributed by atoms with Crippen LogP contribution in [-0.4, -0.2) is 10.2 Å². The summed E-state index contributed by atoms with van der Waals surface area (Å²) in [7, 11) is 0. The lowest BCUT2D eigenvalue weighted by Crippen LogP contribution is -2.17. The van der Waals surface area contributed by atoms with Crippen molar-refractivity contribution in [2.45, 2.75) is 0 Å². The number of benzene rings is 1. The van der Waals surface area contributed by atoms with Gasteiger partial charge < -0.3 is 9.73 Å². The zero-order chi connectivity index (χ0) is 15.0. The number of furan rings is 1. The van der Waals surface area contributed by atoms with Crippen LogP contribution in [0.25, 0.3) is 17.4 Å².